The third kappa shape index (κ3) is 5.88. The van der Waals surface area contributed by atoms with Crippen molar-refractivity contribution in [1.82, 2.24) is 14.6 Å². The maximum absolute atomic E-state index is 14.4. The third-order valence-corrected chi connectivity index (χ3v) is 6.65. The minimum Gasteiger partial charge on any atom is -0.396 e. The number of benzene rings is 1. The molecule has 0 saturated carbocycles. The predicted octanol–water partition coefficient (Wildman–Crippen LogP) is 6.00. The molecular weight excluding hydrogens is 422 g/mol. The number of unbranched alkanes of at least 4 members (excludes halogenated alkanes) is 7. The van der Waals surface area contributed by atoms with Crippen LogP contribution in [0.2, 0.25) is 0 Å². The van der Waals surface area contributed by atoms with Gasteiger partial charge in [0, 0.05) is 30.5 Å². The van der Waals surface area contributed by atoms with Gasteiger partial charge in [0.2, 0.25) is 0 Å². The van der Waals surface area contributed by atoms with Gasteiger partial charge in [-0.05, 0) is 56.4 Å². The van der Waals surface area contributed by atoms with Gasteiger partial charge in [0.05, 0.1) is 12.2 Å². The minimum absolute atomic E-state index is 0.209. The number of nitrogens with zero attached hydrogens (tertiary/aromatic N) is 4. The second-order valence-electron chi connectivity index (χ2n) is 9.04. The molecule has 5 nitrogen and oxygen atoms in total. The molecule has 7 heteroatoms. The Morgan fingerprint density at radius 2 is 1.73 bits per heavy atom. The van der Waals surface area contributed by atoms with Crippen LogP contribution >= 0.6 is 0 Å². The first kappa shape index (κ1) is 23.6. The molecule has 1 aliphatic heterocycles. The van der Waals surface area contributed by atoms with Crippen molar-refractivity contribution in [2.24, 2.45) is 0 Å². The lowest BCUT2D eigenvalue weighted by molar-refractivity contribution is 0.282. The van der Waals surface area contributed by atoms with Gasteiger partial charge in [-0.1, -0.05) is 38.5 Å². The maximum Gasteiger partial charge on any atom is 0.160 e. The molecule has 1 aromatic carbocycles. The molecule has 4 rings (SSSR count). The van der Waals surface area contributed by atoms with E-state index >= 15 is 0 Å². The van der Waals surface area contributed by atoms with E-state index in [4.69, 9.17) is 10.1 Å². The molecule has 1 saturated heterocycles. The van der Waals surface area contributed by atoms with Gasteiger partial charge < -0.3 is 10.0 Å². The normalized spacial score (nSPS) is 16.2. The second kappa shape index (κ2) is 11.5. The summed E-state index contributed by atoms with van der Waals surface area (Å²) in [5.74, 6) is 0.0102. The van der Waals surface area contributed by atoms with Gasteiger partial charge in [0.25, 0.3) is 0 Å². The van der Waals surface area contributed by atoms with Crippen LogP contribution in [-0.2, 0) is 6.42 Å². The van der Waals surface area contributed by atoms with E-state index in [0.717, 1.165) is 68.2 Å². The van der Waals surface area contributed by atoms with E-state index < -0.39 is 5.82 Å². The number of fused-ring (bicyclic) bond motifs is 1. The lowest BCUT2D eigenvalue weighted by Crippen LogP contribution is -2.24. The van der Waals surface area contributed by atoms with Crippen molar-refractivity contribution in [3.05, 3.63) is 59.4 Å². The molecule has 0 bridgehead atoms. The zero-order valence-electron chi connectivity index (χ0n) is 19.2. The summed E-state index contributed by atoms with van der Waals surface area (Å²) < 4.78 is 30.0. The Hall–Kier alpha value is -2.54. The number of rotatable bonds is 12. The molecule has 178 valence electrons. The molecule has 1 aliphatic rings. The Bertz CT molecular complexity index is 1040. The van der Waals surface area contributed by atoms with Crippen LogP contribution in [0.4, 0.5) is 14.6 Å². The van der Waals surface area contributed by atoms with Crippen LogP contribution in [0.15, 0.2) is 36.7 Å². The van der Waals surface area contributed by atoms with E-state index in [1.165, 1.54) is 44.2 Å². The summed E-state index contributed by atoms with van der Waals surface area (Å²) in [7, 11) is 0. The molecule has 1 N–H and O–H groups in total. The van der Waals surface area contributed by atoms with Crippen LogP contribution in [0.5, 0.6) is 0 Å². The molecule has 0 aliphatic carbocycles. The Morgan fingerprint density at radius 1 is 0.970 bits per heavy atom. The van der Waals surface area contributed by atoms with Gasteiger partial charge >= 0.3 is 0 Å². The van der Waals surface area contributed by atoms with Gasteiger partial charge in [-0.2, -0.15) is 5.10 Å². The number of hydrogen-bond donors (Lipinski definition) is 1. The summed E-state index contributed by atoms with van der Waals surface area (Å²) in [5.41, 5.74) is 2.38. The average molecular weight is 457 g/mol. The Balaban J connectivity index is 1.38. The fourth-order valence-electron chi connectivity index (χ4n) is 4.87. The van der Waals surface area contributed by atoms with Crippen molar-refractivity contribution in [3.63, 3.8) is 0 Å². The first-order valence-corrected chi connectivity index (χ1v) is 12.3. The van der Waals surface area contributed by atoms with Crippen molar-refractivity contribution in [2.45, 2.75) is 76.7 Å². The highest BCUT2D eigenvalue weighted by Gasteiger charge is 2.30. The van der Waals surface area contributed by atoms with Crippen LogP contribution in [0.25, 0.3) is 5.65 Å². The van der Waals surface area contributed by atoms with Gasteiger partial charge in [-0.15, -0.1) is 0 Å². The Labute approximate surface area is 194 Å². The van der Waals surface area contributed by atoms with Crippen LogP contribution in [0.1, 0.15) is 81.4 Å². The van der Waals surface area contributed by atoms with Crippen molar-refractivity contribution in [2.75, 3.05) is 18.1 Å². The Kier molecular flexibility index (Phi) is 8.26. The number of anilines is 1. The van der Waals surface area contributed by atoms with E-state index in [-0.39, 0.29) is 11.9 Å². The fourth-order valence-corrected chi connectivity index (χ4v) is 4.87. The van der Waals surface area contributed by atoms with Crippen molar-refractivity contribution in [3.8, 4) is 0 Å². The standard InChI is InChI=1S/C26H34F2N4O/c27-21-12-13-23(28)22(18-21)24-11-9-15-31(24)25-14-16-32-26(30-25)20(19-29-32)10-7-5-3-1-2-4-6-8-17-33/h12-14,16,18-19,24,33H,1-11,15,17H2/t24-/m1/s1. The highest BCUT2D eigenvalue weighted by atomic mass is 19.1. The summed E-state index contributed by atoms with van der Waals surface area (Å²) in [4.78, 5) is 6.98. The number of hydrogen-bond acceptors (Lipinski definition) is 4. The summed E-state index contributed by atoms with van der Waals surface area (Å²) in [6.45, 7) is 1.07. The van der Waals surface area contributed by atoms with Crippen LogP contribution in [0.3, 0.4) is 0 Å². The van der Waals surface area contributed by atoms with E-state index in [0.29, 0.717) is 12.2 Å². The zero-order valence-corrected chi connectivity index (χ0v) is 19.2. The number of aromatic nitrogens is 3. The SMILES string of the molecule is OCCCCCCCCCCc1cnn2ccc(N3CCC[C@@H]3c3cc(F)ccc3F)nc12. The molecule has 0 spiro atoms. The molecule has 0 unspecified atom stereocenters. The lowest BCUT2D eigenvalue weighted by atomic mass is 10.0. The second-order valence-corrected chi connectivity index (χ2v) is 9.04. The van der Waals surface area contributed by atoms with Crippen LogP contribution in [0, 0.1) is 11.6 Å². The quantitative estimate of drug-likeness (QED) is 0.339. The molecule has 1 fully saturated rings. The minimum atomic E-state index is -0.412. The third-order valence-electron chi connectivity index (χ3n) is 6.65. The van der Waals surface area contributed by atoms with Gasteiger partial charge in [0.15, 0.2) is 5.65 Å². The fraction of sp³-hybridized carbons (Fsp3) is 0.538. The first-order chi connectivity index (χ1) is 16.2. The smallest absolute Gasteiger partial charge is 0.160 e. The molecule has 3 heterocycles. The van der Waals surface area contributed by atoms with Crippen molar-refractivity contribution < 1.29 is 13.9 Å². The average Bonchev–Trinajstić information content (AvgIpc) is 3.46. The molecule has 0 amide bonds. The highest BCUT2D eigenvalue weighted by molar-refractivity contribution is 5.54. The molecule has 2 aromatic heterocycles. The van der Waals surface area contributed by atoms with Gasteiger partial charge in [-0.3, -0.25) is 0 Å². The summed E-state index contributed by atoms with van der Waals surface area (Å²) in [6, 6.07) is 5.39. The highest BCUT2D eigenvalue weighted by Crippen LogP contribution is 2.37. The molecule has 33 heavy (non-hydrogen) atoms. The molecule has 1 atom stereocenters. The summed E-state index contributed by atoms with van der Waals surface area (Å²) in [6.07, 6.45) is 15.7. The first-order valence-electron chi connectivity index (χ1n) is 12.3. The summed E-state index contributed by atoms with van der Waals surface area (Å²) in [5, 5.41) is 13.3. The van der Waals surface area contributed by atoms with E-state index in [9.17, 15) is 8.78 Å². The topological polar surface area (TPSA) is 53.7 Å². The van der Waals surface area contributed by atoms with E-state index in [2.05, 4.69) is 10.00 Å². The number of aliphatic hydroxyl groups excluding tert-OH is 1. The van der Waals surface area contributed by atoms with Crippen molar-refractivity contribution in [1.29, 1.82) is 0 Å². The maximum atomic E-state index is 14.4. The van der Waals surface area contributed by atoms with E-state index in [1.807, 2.05) is 18.5 Å². The van der Waals surface area contributed by atoms with Gasteiger partial charge in [0.1, 0.15) is 17.5 Å². The van der Waals surface area contributed by atoms with Crippen molar-refractivity contribution >= 4 is 11.5 Å². The predicted molar refractivity (Wildman–Crippen MR) is 126 cm³/mol. The molecule has 0 radical (unpaired) electrons. The Morgan fingerprint density at radius 3 is 2.52 bits per heavy atom. The molecular formula is C26H34F2N4O. The lowest BCUT2D eigenvalue weighted by Gasteiger charge is -2.26. The number of aryl methyl sites for hydroxylation is 1. The summed E-state index contributed by atoms with van der Waals surface area (Å²) >= 11 is 0. The zero-order chi connectivity index (χ0) is 23.0. The number of aliphatic hydroxyl groups is 1. The van der Waals surface area contributed by atoms with Crippen LogP contribution < -0.4 is 4.90 Å². The van der Waals surface area contributed by atoms with E-state index in [1.54, 1.807) is 4.52 Å². The monoisotopic (exact) mass is 456 g/mol. The number of halogens is 2. The van der Waals surface area contributed by atoms with Crippen LogP contribution in [-0.4, -0.2) is 32.9 Å². The van der Waals surface area contributed by atoms with Gasteiger partial charge in [-0.25, -0.2) is 18.3 Å². The molecule has 3 aromatic rings. The largest absolute Gasteiger partial charge is 0.396 e.